The van der Waals surface area contributed by atoms with Crippen LogP contribution in [-0.2, 0) is 4.79 Å². The monoisotopic (exact) mass is 266 g/mol. The minimum absolute atomic E-state index is 0.110. The Hall–Kier alpha value is -2.93. The van der Waals surface area contributed by atoms with E-state index in [0.29, 0.717) is 11.3 Å². The Labute approximate surface area is 117 Å². The number of benzene rings is 2. The summed E-state index contributed by atoms with van der Waals surface area (Å²) in [6.07, 6.45) is 0. The summed E-state index contributed by atoms with van der Waals surface area (Å²) < 4.78 is 0. The molecule has 2 aromatic carbocycles. The summed E-state index contributed by atoms with van der Waals surface area (Å²) in [6, 6.07) is 11.9. The molecule has 4 N–H and O–H groups in total. The van der Waals surface area contributed by atoms with Crippen LogP contribution in [0.1, 0.15) is 18.1 Å². The molecular formula is C16H14N2O2. The second-order valence-electron chi connectivity index (χ2n) is 4.28. The fourth-order valence-electron chi connectivity index (χ4n) is 1.64. The lowest BCUT2D eigenvalue weighted by atomic mass is 10.1. The van der Waals surface area contributed by atoms with E-state index in [0.717, 1.165) is 11.3 Å². The smallest absolute Gasteiger partial charge is 0.221 e. The third-order valence-electron chi connectivity index (χ3n) is 2.58. The number of hydrogen-bond acceptors (Lipinski definition) is 3. The molecule has 0 heterocycles. The van der Waals surface area contributed by atoms with Gasteiger partial charge in [-0.1, -0.05) is 11.8 Å². The first-order valence-corrected chi connectivity index (χ1v) is 6.03. The largest absolute Gasteiger partial charge is 0.508 e. The van der Waals surface area contributed by atoms with E-state index in [1.807, 2.05) is 12.1 Å². The van der Waals surface area contributed by atoms with Crippen molar-refractivity contribution in [3.63, 3.8) is 0 Å². The summed E-state index contributed by atoms with van der Waals surface area (Å²) in [4.78, 5) is 10.9. The molecule has 0 unspecified atom stereocenters. The van der Waals surface area contributed by atoms with Crippen molar-refractivity contribution in [1.82, 2.24) is 0 Å². The minimum Gasteiger partial charge on any atom is -0.508 e. The molecule has 100 valence electrons. The van der Waals surface area contributed by atoms with Crippen LogP contribution in [0.2, 0.25) is 0 Å². The standard InChI is InChI=1S/C16H14N2O2/c1-11(19)18-14-7-3-12(4-8-14)2-5-13-6-9-15(20)10-16(13)17/h3-4,6-10,20H,17H2,1H3,(H,18,19). The van der Waals surface area contributed by atoms with E-state index in [1.165, 1.54) is 13.0 Å². The number of nitrogens with one attached hydrogen (secondary N) is 1. The lowest BCUT2D eigenvalue weighted by Crippen LogP contribution is -2.05. The zero-order valence-corrected chi connectivity index (χ0v) is 11.0. The van der Waals surface area contributed by atoms with Gasteiger partial charge in [0.2, 0.25) is 5.91 Å². The first-order valence-electron chi connectivity index (χ1n) is 6.03. The SMILES string of the molecule is CC(=O)Nc1ccc(C#Cc2ccc(O)cc2N)cc1. The number of anilines is 2. The van der Waals surface area contributed by atoms with Crippen molar-refractivity contribution in [1.29, 1.82) is 0 Å². The summed E-state index contributed by atoms with van der Waals surface area (Å²) in [5.74, 6) is 5.93. The van der Waals surface area contributed by atoms with Gasteiger partial charge in [0.15, 0.2) is 0 Å². The second-order valence-corrected chi connectivity index (χ2v) is 4.28. The lowest BCUT2D eigenvalue weighted by Gasteiger charge is -2.01. The van der Waals surface area contributed by atoms with E-state index in [4.69, 9.17) is 5.73 Å². The van der Waals surface area contributed by atoms with Gasteiger partial charge in [-0.05, 0) is 36.4 Å². The van der Waals surface area contributed by atoms with E-state index >= 15 is 0 Å². The Morgan fingerprint density at radius 3 is 2.45 bits per heavy atom. The first-order chi connectivity index (χ1) is 9.54. The number of hydrogen-bond donors (Lipinski definition) is 3. The van der Waals surface area contributed by atoms with E-state index < -0.39 is 0 Å². The summed E-state index contributed by atoms with van der Waals surface area (Å²) in [6.45, 7) is 1.46. The van der Waals surface area contributed by atoms with Crippen molar-refractivity contribution < 1.29 is 9.90 Å². The van der Waals surface area contributed by atoms with Gasteiger partial charge in [-0.2, -0.15) is 0 Å². The van der Waals surface area contributed by atoms with Crippen molar-refractivity contribution in [2.45, 2.75) is 6.92 Å². The molecule has 0 aliphatic rings. The van der Waals surface area contributed by atoms with Gasteiger partial charge in [-0.25, -0.2) is 0 Å². The van der Waals surface area contributed by atoms with Gasteiger partial charge in [0.25, 0.3) is 0 Å². The molecule has 0 bridgehead atoms. The molecule has 2 aromatic rings. The summed E-state index contributed by atoms with van der Waals surface area (Å²) in [5.41, 5.74) is 8.39. The van der Waals surface area contributed by atoms with Crippen molar-refractivity contribution in [3.05, 3.63) is 53.6 Å². The summed E-state index contributed by atoms with van der Waals surface area (Å²) in [7, 11) is 0. The van der Waals surface area contributed by atoms with Gasteiger partial charge < -0.3 is 16.2 Å². The average molecular weight is 266 g/mol. The van der Waals surface area contributed by atoms with Gasteiger partial charge >= 0.3 is 0 Å². The molecule has 4 heteroatoms. The van der Waals surface area contributed by atoms with Crippen LogP contribution in [-0.4, -0.2) is 11.0 Å². The highest BCUT2D eigenvalue weighted by Crippen LogP contribution is 2.17. The van der Waals surface area contributed by atoms with Crippen molar-refractivity contribution in [2.75, 3.05) is 11.1 Å². The molecule has 4 nitrogen and oxygen atoms in total. The van der Waals surface area contributed by atoms with Crippen LogP contribution in [0.3, 0.4) is 0 Å². The Kier molecular flexibility index (Phi) is 3.92. The molecule has 1 amide bonds. The number of rotatable bonds is 1. The molecule has 20 heavy (non-hydrogen) atoms. The van der Waals surface area contributed by atoms with Crippen LogP contribution in [0.4, 0.5) is 11.4 Å². The van der Waals surface area contributed by atoms with Gasteiger partial charge in [0.05, 0.1) is 5.69 Å². The van der Waals surface area contributed by atoms with Gasteiger partial charge in [-0.15, -0.1) is 0 Å². The zero-order valence-electron chi connectivity index (χ0n) is 11.0. The van der Waals surface area contributed by atoms with Crippen LogP contribution in [0.5, 0.6) is 5.75 Å². The number of aromatic hydroxyl groups is 1. The topological polar surface area (TPSA) is 75.3 Å². The maximum atomic E-state index is 10.9. The maximum Gasteiger partial charge on any atom is 0.221 e. The van der Waals surface area contributed by atoms with Crippen molar-refractivity contribution in [3.8, 4) is 17.6 Å². The fourth-order valence-corrected chi connectivity index (χ4v) is 1.64. The Morgan fingerprint density at radius 2 is 1.85 bits per heavy atom. The van der Waals surface area contributed by atoms with Gasteiger partial charge in [0.1, 0.15) is 5.75 Å². The van der Waals surface area contributed by atoms with Crippen LogP contribution >= 0.6 is 0 Å². The van der Waals surface area contributed by atoms with Crippen LogP contribution < -0.4 is 11.1 Å². The third-order valence-corrected chi connectivity index (χ3v) is 2.58. The molecule has 0 fully saturated rings. The number of carbonyl (C=O) groups is 1. The van der Waals surface area contributed by atoms with E-state index in [-0.39, 0.29) is 11.7 Å². The molecule has 0 radical (unpaired) electrons. The molecular weight excluding hydrogens is 252 g/mol. The number of phenolic OH excluding ortho intramolecular Hbond substituents is 1. The molecule has 0 aromatic heterocycles. The second kappa shape index (κ2) is 5.81. The highest BCUT2D eigenvalue weighted by Gasteiger charge is 1.97. The quantitative estimate of drug-likeness (QED) is 0.547. The first kappa shape index (κ1) is 13.5. The molecule has 0 aliphatic heterocycles. The van der Waals surface area contributed by atoms with Crippen LogP contribution in [0.15, 0.2) is 42.5 Å². The normalized spacial score (nSPS) is 9.45. The number of carbonyl (C=O) groups excluding carboxylic acids is 1. The molecule has 0 spiro atoms. The predicted molar refractivity (Wildman–Crippen MR) is 79.2 cm³/mol. The Morgan fingerprint density at radius 1 is 1.15 bits per heavy atom. The zero-order chi connectivity index (χ0) is 14.5. The van der Waals surface area contributed by atoms with Crippen LogP contribution in [0, 0.1) is 11.8 Å². The third kappa shape index (κ3) is 3.53. The number of nitrogen functional groups attached to an aromatic ring is 1. The van der Waals surface area contributed by atoms with Gasteiger partial charge in [-0.3, -0.25) is 4.79 Å². The van der Waals surface area contributed by atoms with E-state index in [9.17, 15) is 9.90 Å². The minimum atomic E-state index is -0.110. The molecule has 0 atom stereocenters. The fraction of sp³-hybridized carbons (Fsp3) is 0.0625. The van der Waals surface area contributed by atoms with Crippen molar-refractivity contribution >= 4 is 17.3 Å². The molecule has 0 aliphatic carbocycles. The Balaban J connectivity index is 2.18. The molecule has 0 saturated heterocycles. The molecule has 2 rings (SSSR count). The van der Waals surface area contributed by atoms with E-state index in [1.54, 1.807) is 24.3 Å². The highest BCUT2D eigenvalue weighted by molar-refractivity contribution is 5.88. The maximum absolute atomic E-state index is 10.9. The van der Waals surface area contributed by atoms with Gasteiger partial charge in [0, 0.05) is 29.8 Å². The highest BCUT2D eigenvalue weighted by atomic mass is 16.3. The number of amides is 1. The average Bonchev–Trinajstić information content (AvgIpc) is 2.39. The van der Waals surface area contributed by atoms with Crippen molar-refractivity contribution in [2.24, 2.45) is 0 Å². The lowest BCUT2D eigenvalue weighted by molar-refractivity contribution is -0.114. The summed E-state index contributed by atoms with van der Waals surface area (Å²) >= 11 is 0. The number of phenols is 1. The van der Waals surface area contributed by atoms with Crippen LogP contribution in [0.25, 0.3) is 0 Å². The predicted octanol–water partition coefficient (Wildman–Crippen LogP) is 2.33. The Bertz CT molecular complexity index is 695. The number of nitrogens with two attached hydrogens (primary N) is 1. The summed E-state index contributed by atoms with van der Waals surface area (Å²) in [5, 5.41) is 11.9. The molecule has 0 saturated carbocycles. The van der Waals surface area contributed by atoms with E-state index in [2.05, 4.69) is 17.2 Å².